The molecule has 1 radical (unpaired) electrons. The van der Waals surface area contributed by atoms with Crippen LogP contribution in [0.25, 0.3) is 6.08 Å². The van der Waals surface area contributed by atoms with E-state index in [0.717, 1.165) is 0 Å². The largest absolute Gasteiger partial charge is 0.478 e. The van der Waals surface area contributed by atoms with Crippen molar-refractivity contribution in [3.8, 4) is 0 Å². The summed E-state index contributed by atoms with van der Waals surface area (Å²) in [7, 11) is 0. The molecule has 3 heteroatoms. The topological polar surface area (TPSA) is 37.3 Å². The Balaban J connectivity index is 0.00000121. The van der Waals surface area contributed by atoms with Gasteiger partial charge >= 0.3 is 5.97 Å². The molecule has 0 heterocycles. The first kappa shape index (κ1) is 12.1. The van der Waals surface area contributed by atoms with Crippen LogP contribution < -0.4 is 0 Å². The van der Waals surface area contributed by atoms with Gasteiger partial charge in [-0.25, -0.2) is 4.79 Å². The number of carbonyl (C=O) groups is 1. The minimum atomic E-state index is -0.916. The summed E-state index contributed by atoms with van der Waals surface area (Å²) in [6.07, 6.45) is 1.53. The summed E-state index contributed by atoms with van der Waals surface area (Å²) in [6.45, 7) is 3.51. The van der Waals surface area contributed by atoms with Gasteiger partial charge in [-0.15, -0.1) is 0 Å². The van der Waals surface area contributed by atoms with Crippen molar-refractivity contribution in [2.24, 2.45) is 0 Å². The van der Waals surface area contributed by atoms with E-state index in [1.54, 1.807) is 24.3 Å². The van der Waals surface area contributed by atoms with Crippen LogP contribution in [-0.2, 0) is 0 Å². The zero-order valence-corrected chi connectivity index (χ0v) is 10.1. The molecule has 1 rings (SSSR count). The maximum absolute atomic E-state index is 10.5. The third kappa shape index (κ3) is 2.84. The predicted octanol–water partition coefficient (Wildman–Crippen LogP) is 1.65. The fourth-order valence-corrected chi connectivity index (χ4v) is 0.870. The molecule has 0 fully saturated rings. The molecule has 57 valence electrons. The molecule has 0 unspecified atom stereocenters. The molecule has 0 aliphatic heterocycles. The first-order valence-corrected chi connectivity index (χ1v) is 3.20. The van der Waals surface area contributed by atoms with E-state index >= 15 is 0 Å². The van der Waals surface area contributed by atoms with Crippen molar-refractivity contribution in [2.75, 3.05) is 0 Å². The van der Waals surface area contributed by atoms with Crippen LogP contribution in [0.15, 0.2) is 30.8 Å². The standard InChI is InChI=1S/C9H8O2.K/c1-2-7-5-3-4-6-8(7)9(10)11;/h2-6H,1H2,(H,10,11);. The summed E-state index contributed by atoms with van der Waals surface area (Å²) in [6, 6.07) is 6.75. The van der Waals surface area contributed by atoms with Crippen LogP contribution in [0.1, 0.15) is 15.9 Å². The predicted molar refractivity (Wildman–Crippen MR) is 49.2 cm³/mol. The summed E-state index contributed by atoms with van der Waals surface area (Å²) < 4.78 is 0. The van der Waals surface area contributed by atoms with E-state index in [-0.39, 0.29) is 51.4 Å². The van der Waals surface area contributed by atoms with Gasteiger partial charge in [0.15, 0.2) is 0 Å². The molecule has 0 amide bonds. The molecule has 0 aliphatic carbocycles. The smallest absolute Gasteiger partial charge is 0.336 e. The van der Waals surface area contributed by atoms with Gasteiger partial charge in [0.05, 0.1) is 5.56 Å². The van der Waals surface area contributed by atoms with Gasteiger partial charge < -0.3 is 5.11 Å². The van der Waals surface area contributed by atoms with Crippen LogP contribution in [0, 0.1) is 0 Å². The number of carboxylic acids is 1. The summed E-state index contributed by atoms with van der Waals surface area (Å²) >= 11 is 0. The zero-order valence-electron chi connectivity index (χ0n) is 6.95. The fraction of sp³-hybridized carbons (Fsp3) is 0. The molecule has 0 atom stereocenters. The average molecular weight is 187 g/mol. The van der Waals surface area contributed by atoms with Crippen LogP contribution in [0.3, 0.4) is 0 Å². The van der Waals surface area contributed by atoms with Crippen LogP contribution in [0.2, 0.25) is 0 Å². The number of hydrogen-bond acceptors (Lipinski definition) is 1. The fourth-order valence-electron chi connectivity index (χ4n) is 0.870. The Kier molecular flexibility index (Phi) is 5.70. The summed E-state index contributed by atoms with van der Waals surface area (Å²) in [5.74, 6) is -0.916. The molecule has 0 bridgehead atoms. The minimum Gasteiger partial charge on any atom is -0.478 e. The van der Waals surface area contributed by atoms with Crippen molar-refractivity contribution < 1.29 is 9.90 Å². The van der Waals surface area contributed by atoms with E-state index < -0.39 is 5.97 Å². The van der Waals surface area contributed by atoms with Gasteiger partial charge in [-0.2, -0.15) is 0 Å². The molecule has 12 heavy (non-hydrogen) atoms. The third-order valence-electron chi connectivity index (χ3n) is 1.41. The normalized spacial score (nSPS) is 8.33. The number of hydrogen-bond donors (Lipinski definition) is 1. The van der Waals surface area contributed by atoms with Gasteiger partial charge in [0.1, 0.15) is 0 Å². The molecule has 1 aromatic carbocycles. The molecule has 2 nitrogen and oxygen atoms in total. The quantitative estimate of drug-likeness (QED) is 0.715. The molecule has 0 aromatic heterocycles. The maximum Gasteiger partial charge on any atom is 0.336 e. The van der Waals surface area contributed by atoms with Crippen LogP contribution in [0.5, 0.6) is 0 Å². The molecular weight excluding hydrogens is 179 g/mol. The van der Waals surface area contributed by atoms with Crippen molar-refractivity contribution in [1.29, 1.82) is 0 Å². The monoisotopic (exact) mass is 187 g/mol. The second-order valence-electron chi connectivity index (χ2n) is 2.10. The molecule has 0 saturated heterocycles. The van der Waals surface area contributed by atoms with Gasteiger partial charge in [0.25, 0.3) is 0 Å². The van der Waals surface area contributed by atoms with E-state index in [0.29, 0.717) is 11.1 Å². The van der Waals surface area contributed by atoms with Gasteiger partial charge in [-0.05, 0) is 11.6 Å². The number of benzene rings is 1. The first-order valence-electron chi connectivity index (χ1n) is 3.20. The van der Waals surface area contributed by atoms with Crippen LogP contribution in [0.4, 0.5) is 0 Å². The van der Waals surface area contributed by atoms with Gasteiger partial charge in [-0.3, -0.25) is 0 Å². The van der Waals surface area contributed by atoms with Gasteiger partial charge in [0.2, 0.25) is 0 Å². The van der Waals surface area contributed by atoms with Crippen LogP contribution in [-0.4, -0.2) is 62.5 Å². The number of aromatic carboxylic acids is 1. The Morgan fingerprint density at radius 3 is 2.42 bits per heavy atom. The summed E-state index contributed by atoms with van der Waals surface area (Å²) in [4.78, 5) is 10.5. The van der Waals surface area contributed by atoms with Gasteiger partial charge in [-0.1, -0.05) is 30.9 Å². The Morgan fingerprint density at radius 2 is 2.00 bits per heavy atom. The summed E-state index contributed by atoms with van der Waals surface area (Å²) in [5, 5.41) is 8.65. The van der Waals surface area contributed by atoms with E-state index in [2.05, 4.69) is 6.58 Å². The van der Waals surface area contributed by atoms with Gasteiger partial charge in [0, 0.05) is 51.4 Å². The number of carboxylic acid groups (broad SMARTS) is 1. The minimum absolute atomic E-state index is 0. The molecule has 0 aliphatic rings. The Labute approximate surface area is 114 Å². The van der Waals surface area contributed by atoms with Crippen molar-refractivity contribution in [1.82, 2.24) is 0 Å². The second-order valence-corrected chi connectivity index (χ2v) is 2.10. The Bertz CT molecular complexity index is 294. The van der Waals surface area contributed by atoms with E-state index in [1.807, 2.05) is 0 Å². The van der Waals surface area contributed by atoms with Crippen LogP contribution >= 0.6 is 0 Å². The zero-order chi connectivity index (χ0) is 8.27. The Hall–Kier alpha value is 0.0664. The molecule has 1 aromatic rings. The first-order chi connectivity index (χ1) is 5.25. The van der Waals surface area contributed by atoms with Crippen molar-refractivity contribution in [3.63, 3.8) is 0 Å². The third-order valence-corrected chi connectivity index (χ3v) is 1.41. The summed E-state index contributed by atoms with van der Waals surface area (Å²) in [5.41, 5.74) is 0.947. The average Bonchev–Trinajstić information content (AvgIpc) is 2.04. The van der Waals surface area contributed by atoms with Crippen molar-refractivity contribution in [3.05, 3.63) is 42.0 Å². The molecule has 1 N–H and O–H groups in total. The van der Waals surface area contributed by atoms with Crippen molar-refractivity contribution >= 4 is 63.4 Å². The van der Waals surface area contributed by atoms with E-state index in [4.69, 9.17) is 5.11 Å². The number of rotatable bonds is 2. The second kappa shape index (κ2) is 5.67. The van der Waals surface area contributed by atoms with Crippen molar-refractivity contribution in [2.45, 2.75) is 0 Å². The van der Waals surface area contributed by atoms with E-state index in [1.165, 1.54) is 6.08 Å². The molecular formula is C9H8KO2. The Morgan fingerprint density at radius 1 is 1.42 bits per heavy atom. The molecule has 0 spiro atoms. The maximum atomic E-state index is 10.5. The molecule has 0 saturated carbocycles. The van der Waals surface area contributed by atoms with E-state index in [9.17, 15) is 4.79 Å². The SMILES string of the molecule is C=Cc1ccccc1C(=O)O.[K].